The van der Waals surface area contributed by atoms with Crippen LogP contribution in [0.3, 0.4) is 0 Å². The average Bonchev–Trinajstić information content (AvgIpc) is 2.38. The molecular formula is C15H22BrNO. The molecule has 0 aliphatic heterocycles. The van der Waals surface area contributed by atoms with E-state index in [9.17, 15) is 0 Å². The van der Waals surface area contributed by atoms with Crippen molar-refractivity contribution < 1.29 is 5.11 Å². The quantitative estimate of drug-likeness (QED) is 0.913. The zero-order valence-electron chi connectivity index (χ0n) is 11.2. The normalized spacial score (nSPS) is 24.0. The Morgan fingerprint density at radius 1 is 1.33 bits per heavy atom. The van der Waals surface area contributed by atoms with Crippen LogP contribution in [0.5, 0.6) is 0 Å². The second-order valence-corrected chi connectivity index (χ2v) is 6.24. The minimum absolute atomic E-state index is 0.0996. The highest BCUT2D eigenvalue weighted by atomic mass is 79.9. The number of benzene rings is 1. The molecule has 0 saturated heterocycles. The largest absolute Gasteiger partial charge is 0.392 e. The maximum absolute atomic E-state index is 9.15. The van der Waals surface area contributed by atoms with E-state index in [-0.39, 0.29) is 6.61 Å². The van der Waals surface area contributed by atoms with E-state index in [1.807, 2.05) is 12.1 Å². The number of halogens is 1. The van der Waals surface area contributed by atoms with Gasteiger partial charge in [-0.05, 0) is 52.4 Å². The molecule has 2 nitrogen and oxygen atoms in total. The van der Waals surface area contributed by atoms with E-state index in [1.54, 1.807) is 0 Å². The van der Waals surface area contributed by atoms with Crippen LogP contribution in [-0.2, 0) is 6.61 Å². The van der Waals surface area contributed by atoms with Crippen LogP contribution in [0.15, 0.2) is 22.7 Å². The summed E-state index contributed by atoms with van der Waals surface area (Å²) in [5, 5.41) is 9.15. The van der Waals surface area contributed by atoms with Crippen LogP contribution >= 0.6 is 15.9 Å². The molecule has 1 saturated carbocycles. The maximum atomic E-state index is 9.15. The van der Waals surface area contributed by atoms with E-state index < -0.39 is 0 Å². The SMILES string of the molecule is CC1CCCCC1N(C)c1ccc(CO)cc1Br. The van der Waals surface area contributed by atoms with Gasteiger partial charge in [-0.1, -0.05) is 25.8 Å². The summed E-state index contributed by atoms with van der Waals surface area (Å²) >= 11 is 3.62. The van der Waals surface area contributed by atoms with Gasteiger partial charge in [0.1, 0.15) is 0 Å². The molecule has 2 atom stereocenters. The Balaban J connectivity index is 2.19. The van der Waals surface area contributed by atoms with Crippen molar-refractivity contribution in [3.05, 3.63) is 28.2 Å². The predicted molar refractivity (Wildman–Crippen MR) is 79.9 cm³/mol. The summed E-state index contributed by atoms with van der Waals surface area (Å²) < 4.78 is 1.08. The first-order valence-corrected chi connectivity index (χ1v) is 7.55. The summed E-state index contributed by atoms with van der Waals surface area (Å²) in [5.74, 6) is 0.758. The van der Waals surface area contributed by atoms with Gasteiger partial charge in [0.05, 0.1) is 12.3 Å². The van der Waals surface area contributed by atoms with Crippen molar-refractivity contribution >= 4 is 21.6 Å². The molecule has 3 heteroatoms. The second-order valence-electron chi connectivity index (χ2n) is 5.38. The Kier molecular flexibility index (Phi) is 4.68. The Labute approximate surface area is 118 Å². The molecule has 1 N–H and O–H groups in total. The standard InChI is InChI=1S/C15H22BrNO/c1-11-5-3-4-6-14(11)17(2)15-8-7-12(10-18)9-13(15)16/h7-9,11,14,18H,3-6,10H2,1-2H3. The van der Waals surface area contributed by atoms with Gasteiger partial charge in [0.25, 0.3) is 0 Å². The van der Waals surface area contributed by atoms with Gasteiger partial charge in [0.2, 0.25) is 0 Å². The molecule has 2 unspecified atom stereocenters. The molecular weight excluding hydrogens is 290 g/mol. The molecule has 2 rings (SSSR count). The van der Waals surface area contributed by atoms with Gasteiger partial charge in [0, 0.05) is 17.6 Å². The Hall–Kier alpha value is -0.540. The lowest BCUT2D eigenvalue weighted by Gasteiger charge is -2.38. The van der Waals surface area contributed by atoms with Crippen molar-refractivity contribution in [1.29, 1.82) is 0 Å². The summed E-state index contributed by atoms with van der Waals surface area (Å²) in [6.45, 7) is 2.46. The van der Waals surface area contributed by atoms with Crippen molar-refractivity contribution in [3.63, 3.8) is 0 Å². The summed E-state index contributed by atoms with van der Waals surface area (Å²) in [4.78, 5) is 2.40. The van der Waals surface area contributed by atoms with Crippen LogP contribution in [0.4, 0.5) is 5.69 Å². The molecule has 1 aromatic rings. The van der Waals surface area contributed by atoms with Crippen LogP contribution in [0.25, 0.3) is 0 Å². The number of anilines is 1. The highest BCUT2D eigenvalue weighted by molar-refractivity contribution is 9.10. The van der Waals surface area contributed by atoms with Crippen molar-refractivity contribution in [3.8, 4) is 0 Å². The van der Waals surface area contributed by atoms with Crippen LogP contribution in [0, 0.1) is 5.92 Å². The second kappa shape index (κ2) is 6.07. The van der Waals surface area contributed by atoms with E-state index in [2.05, 4.69) is 40.9 Å². The fraction of sp³-hybridized carbons (Fsp3) is 0.600. The van der Waals surface area contributed by atoms with E-state index in [4.69, 9.17) is 5.11 Å². The summed E-state index contributed by atoms with van der Waals surface area (Å²) in [5.41, 5.74) is 2.18. The predicted octanol–water partition coefficient (Wildman–Crippen LogP) is 3.96. The van der Waals surface area contributed by atoms with Gasteiger partial charge < -0.3 is 10.0 Å². The molecule has 1 aromatic carbocycles. The number of aliphatic hydroxyl groups excluding tert-OH is 1. The molecule has 1 fully saturated rings. The number of rotatable bonds is 3. The van der Waals surface area contributed by atoms with Gasteiger partial charge in [-0.15, -0.1) is 0 Å². The minimum atomic E-state index is 0.0996. The molecule has 0 radical (unpaired) electrons. The lowest BCUT2D eigenvalue weighted by Crippen LogP contribution is -2.39. The van der Waals surface area contributed by atoms with E-state index in [0.29, 0.717) is 6.04 Å². The molecule has 18 heavy (non-hydrogen) atoms. The number of hydrogen-bond acceptors (Lipinski definition) is 2. The van der Waals surface area contributed by atoms with Crippen molar-refractivity contribution in [2.75, 3.05) is 11.9 Å². The molecule has 0 amide bonds. The van der Waals surface area contributed by atoms with Gasteiger partial charge in [0.15, 0.2) is 0 Å². The summed E-state index contributed by atoms with van der Waals surface area (Å²) in [6, 6.07) is 6.76. The third-order valence-corrected chi connectivity index (χ3v) is 4.77. The fourth-order valence-corrected chi connectivity index (χ4v) is 3.69. The molecule has 0 spiro atoms. The first kappa shape index (κ1) is 13.9. The van der Waals surface area contributed by atoms with Crippen LogP contribution in [0.1, 0.15) is 38.2 Å². The lowest BCUT2D eigenvalue weighted by atomic mass is 9.85. The fourth-order valence-electron chi connectivity index (χ4n) is 2.99. The summed E-state index contributed by atoms with van der Waals surface area (Å²) in [7, 11) is 2.19. The van der Waals surface area contributed by atoms with E-state index >= 15 is 0 Å². The van der Waals surface area contributed by atoms with Gasteiger partial charge >= 0.3 is 0 Å². The first-order chi connectivity index (χ1) is 8.63. The number of nitrogens with zero attached hydrogens (tertiary/aromatic N) is 1. The van der Waals surface area contributed by atoms with Crippen LogP contribution in [0.2, 0.25) is 0 Å². The molecule has 100 valence electrons. The molecule has 1 aliphatic carbocycles. The highest BCUT2D eigenvalue weighted by Crippen LogP contribution is 2.34. The zero-order chi connectivity index (χ0) is 13.1. The zero-order valence-corrected chi connectivity index (χ0v) is 12.8. The molecule has 1 aliphatic rings. The molecule has 0 aromatic heterocycles. The molecule has 0 bridgehead atoms. The van der Waals surface area contributed by atoms with Crippen LogP contribution in [-0.4, -0.2) is 18.2 Å². The highest BCUT2D eigenvalue weighted by Gasteiger charge is 2.25. The topological polar surface area (TPSA) is 23.5 Å². The number of aliphatic hydroxyl groups is 1. The Morgan fingerprint density at radius 3 is 2.67 bits per heavy atom. The van der Waals surface area contributed by atoms with Crippen LogP contribution < -0.4 is 4.90 Å². The smallest absolute Gasteiger partial charge is 0.0682 e. The third kappa shape index (κ3) is 2.89. The summed E-state index contributed by atoms with van der Waals surface area (Å²) in [6.07, 6.45) is 5.33. The van der Waals surface area contributed by atoms with E-state index in [1.165, 1.54) is 31.4 Å². The minimum Gasteiger partial charge on any atom is -0.392 e. The van der Waals surface area contributed by atoms with Crippen molar-refractivity contribution in [2.24, 2.45) is 5.92 Å². The van der Waals surface area contributed by atoms with Gasteiger partial charge in [-0.25, -0.2) is 0 Å². The van der Waals surface area contributed by atoms with E-state index in [0.717, 1.165) is 16.0 Å². The Bertz CT molecular complexity index is 407. The van der Waals surface area contributed by atoms with Crippen molar-refractivity contribution in [2.45, 2.75) is 45.3 Å². The average molecular weight is 312 g/mol. The Morgan fingerprint density at radius 2 is 2.06 bits per heavy atom. The van der Waals surface area contributed by atoms with Gasteiger partial charge in [-0.3, -0.25) is 0 Å². The monoisotopic (exact) mass is 311 g/mol. The maximum Gasteiger partial charge on any atom is 0.0682 e. The number of hydrogen-bond donors (Lipinski definition) is 1. The first-order valence-electron chi connectivity index (χ1n) is 6.75. The third-order valence-electron chi connectivity index (χ3n) is 4.14. The lowest BCUT2D eigenvalue weighted by molar-refractivity contribution is 0.281. The van der Waals surface area contributed by atoms with Crippen molar-refractivity contribution in [1.82, 2.24) is 0 Å². The molecule has 0 heterocycles. The van der Waals surface area contributed by atoms with Gasteiger partial charge in [-0.2, -0.15) is 0 Å².